The van der Waals surface area contributed by atoms with Gasteiger partial charge in [0, 0.05) is 31.7 Å². The van der Waals surface area contributed by atoms with Gasteiger partial charge in [0.15, 0.2) is 0 Å². The molecule has 1 saturated heterocycles. The van der Waals surface area contributed by atoms with Crippen LogP contribution in [0.3, 0.4) is 0 Å². The first-order valence-electron chi connectivity index (χ1n) is 6.03. The van der Waals surface area contributed by atoms with Crippen molar-refractivity contribution < 1.29 is 17.9 Å². The molecule has 5 nitrogen and oxygen atoms in total. The number of likely N-dealkylation sites (N-methyl/N-ethyl adjacent to an activating group) is 1. The molecular formula is C12H17FN2O3S. The van der Waals surface area contributed by atoms with Crippen molar-refractivity contribution in [1.29, 1.82) is 0 Å². The largest absolute Gasteiger partial charge is 0.392 e. The Labute approximate surface area is 112 Å². The van der Waals surface area contributed by atoms with Gasteiger partial charge in [0.1, 0.15) is 5.82 Å². The van der Waals surface area contributed by atoms with Gasteiger partial charge < -0.3 is 10.0 Å². The number of piperazine rings is 1. The molecule has 0 aromatic heterocycles. The van der Waals surface area contributed by atoms with E-state index < -0.39 is 22.4 Å². The second kappa shape index (κ2) is 5.54. The molecule has 2 rings (SSSR count). The van der Waals surface area contributed by atoms with E-state index in [9.17, 15) is 12.8 Å². The standard InChI is InChI=1S/C12H17FN2O3S/c1-14-4-6-15(7-5-14)19(17,18)11-2-3-12(13)10(8-11)9-16/h2-3,8,16H,4-7,9H2,1H3. The van der Waals surface area contributed by atoms with Crippen molar-refractivity contribution in [2.24, 2.45) is 0 Å². The molecular weight excluding hydrogens is 271 g/mol. The molecule has 1 N–H and O–H groups in total. The highest BCUT2D eigenvalue weighted by Crippen LogP contribution is 2.20. The highest BCUT2D eigenvalue weighted by molar-refractivity contribution is 7.89. The molecule has 0 unspecified atom stereocenters. The molecule has 0 spiro atoms. The second-order valence-corrected chi connectivity index (χ2v) is 6.56. The summed E-state index contributed by atoms with van der Waals surface area (Å²) in [5.74, 6) is -0.597. The first-order valence-corrected chi connectivity index (χ1v) is 7.47. The van der Waals surface area contributed by atoms with Gasteiger partial charge in [0.2, 0.25) is 10.0 Å². The molecule has 0 aliphatic carbocycles. The Morgan fingerprint density at radius 3 is 2.47 bits per heavy atom. The van der Waals surface area contributed by atoms with Crippen LogP contribution < -0.4 is 0 Å². The van der Waals surface area contributed by atoms with Crippen LogP contribution in [0.25, 0.3) is 0 Å². The molecule has 1 aromatic rings. The van der Waals surface area contributed by atoms with Crippen molar-refractivity contribution in [3.8, 4) is 0 Å². The first kappa shape index (κ1) is 14.4. The van der Waals surface area contributed by atoms with E-state index in [4.69, 9.17) is 5.11 Å². The Morgan fingerprint density at radius 2 is 1.89 bits per heavy atom. The maximum atomic E-state index is 13.3. The summed E-state index contributed by atoms with van der Waals surface area (Å²) in [4.78, 5) is 2.08. The first-order chi connectivity index (χ1) is 8.95. The summed E-state index contributed by atoms with van der Waals surface area (Å²) in [6, 6.07) is 3.51. The molecule has 7 heteroatoms. The molecule has 1 heterocycles. The van der Waals surface area contributed by atoms with Crippen LogP contribution in [0, 0.1) is 5.82 Å². The topological polar surface area (TPSA) is 60.9 Å². The summed E-state index contributed by atoms with van der Waals surface area (Å²) in [6.45, 7) is 1.67. The molecule has 0 amide bonds. The van der Waals surface area contributed by atoms with Crippen LogP contribution in [-0.4, -0.2) is 56.0 Å². The zero-order valence-corrected chi connectivity index (χ0v) is 11.5. The number of nitrogens with zero attached hydrogens (tertiary/aromatic N) is 2. The predicted octanol–water partition coefficient (Wildman–Crippen LogP) is 0.254. The van der Waals surface area contributed by atoms with Gasteiger partial charge in [-0.15, -0.1) is 0 Å². The van der Waals surface area contributed by atoms with Crippen LogP contribution in [-0.2, 0) is 16.6 Å². The third-order valence-corrected chi connectivity index (χ3v) is 5.18. The van der Waals surface area contributed by atoms with Gasteiger partial charge in [-0.05, 0) is 25.2 Å². The van der Waals surface area contributed by atoms with Gasteiger partial charge in [-0.1, -0.05) is 0 Å². The molecule has 1 aliphatic heterocycles. The zero-order valence-electron chi connectivity index (χ0n) is 10.7. The maximum absolute atomic E-state index is 13.3. The number of rotatable bonds is 3. The predicted molar refractivity (Wildman–Crippen MR) is 68.6 cm³/mol. The van der Waals surface area contributed by atoms with E-state index in [1.807, 2.05) is 7.05 Å². The van der Waals surface area contributed by atoms with Crippen molar-refractivity contribution in [2.75, 3.05) is 33.2 Å². The molecule has 0 atom stereocenters. The molecule has 106 valence electrons. The Bertz CT molecular complexity index is 554. The van der Waals surface area contributed by atoms with Gasteiger partial charge in [-0.3, -0.25) is 0 Å². The average Bonchev–Trinajstić information content (AvgIpc) is 2.39. The van der Waals surface area contributed by atoms with E-state index in [0.29, 0.717) is 26.2 Å². The summed E-state index contributed by atoms with van der Waals surface area (Å²) < 4.78 is 39.4. The van der Waals surface area contributed by atoms with E-state index in [1.165, 1.54) is 16.4 Å². The Morgan fingerprint density at radius 1 is 1.26 bits per heavy atom. The van der Waals surface area contributed by atoms with E-state index in [-0.39, 0.29) is 10.5 Å². The zero-order chi connectivity index (χ0) is 14.0. The fourth-order valence-corrected chi connectivity index (χ4v) is 3.48. The molecule has 0 bridgehead atoms. The SMILES string of the molecule is CN1CCN(S(=O)(=O)c2ccc(F)c(CO)c2)CC1. The van der Waals surface area contributed by atoms with Crippen molar-refractivity contribution in [3.05, 3.63) is 29.6 Å². The van der Waals surface area contributed by atoms with Crippen LogP contribution in [0.15, 0.2) is 23.1 Å². The average molecular weight is 288 g/mol. The lowest BCUT2D eigenvalue weighted by atomic mass is 10.2. The minimum atomic E-state index is -3.61. The number of hydrogen-bond acceptors (Lipinski definition) is 4. The van der Waals surface area contributed by atoms with Gasteiger partial charge in [0.25, 0.3) is 0 Å². The van der Waals surface area contributed by atoms with Crippen molar-refractivity contribution >= 4 is 10.0 Å². The lowest BCUT2D eigenvalue weighted by Gasteiger charge is -2.31. The van der Waals surface area contributed by atoms with E-state index in [0.717, 1.165) is 6.07 Å². The van der Waals surface area contributed by atoms with E-state index >= 15 is 0 Å². The number of halogens is 1. The third kappa shape index (κ3) is 2.94. The molecule has 0 radical (unpaired) electrons. The van der Waals surface area contributed by atoms with Crippen LogP contribution in [0.2, 0.25) is 0 Å². The normalized spacial score (nSPS) is 18.7. The minimum absolute atomic E-state index is 0.00444. The van der Waals surface area contributed by atoms with Crippen molar-refractivity contribution in [3.63, 3.8) is 0 Å². The van der Waals surface area contributed by atoms with E-state index in [1.54, 1.807) is 0 Å². The van der Waals surface area contributed by atoms with Crippen molar-refractivity contribution in [2.45, 2.75) is 11.5 Å². The van der Waals surface area contributed by atoms with Gasteiger partial charge in [0.05, 0.1) is 11.5 Å². The summed E-state index contributed by atoms with van der Waals surface area (Å²) in [6.07, 6.45) is 0. The summed E-state index contributed by atoms with van der Waals surface area (Å²) in [5, 5.41) is 9.00. The molecule has 1 aromatic carbocycles. The highest BCUT2D eigenvalue weighted by atomic mass is 32.2. The Hall–Kier alpha value is -1.02. The Balaban J connectivity index is 2.29. The number of hydrogen-bond donors (Lipinski definition) is 1. The summed E-state index contributed by atoms with van der Waals surface area (Å²) >= 11 is 0. The highest BCUT2D eigenvalue weighted by Gasteiger charge is 2.27. The third-order valence-electron chi connectivity index (χ3n) is 3.29. The van der Waals surface area contributed by atoms with Crippen LogP contribution in [0.4, 0.5) is 4.39 Å². The van der Waals surface area contributed by atoms with Gasteiger partial charge in [-0.2, -0.15) is 4.31 Å². The number of aliphatic hydroxyl groups is 1. The summed E-state index contributed by atoms with van der Waals surface area (Å²) in [5.41, 5.74) is -0.00444. The minimum Gasteiger partial charge on any atom is -0.392 e. The quantitative estimate of drug-likeness (QED) is 0.866. The smallest absolute Gasteiger partial charge is 0.243 e. The van der Waals surface area contributed by atoms with Gasteiger partial charge in [-0.25, -0.2) is 12.8 Å². The number of aliphatic hydroxyl groups excluding tert-OH is 1. The van der Waals surface area contributed by atoms with E-state index in [2.05, 4.69) is 4.90 Å². The van der Waals surface area contributed by atoms with Crippen molar-refractivity contribution in [1.82, 2.24) is 9.21 Å². The van der Waals surface area contributed by atoms with Crippen LogP contribution in [0.1, 0.15) is 5.56 Å². The van der Waals surface area contributed by atoms with Gasteiger partial charge >= 0.3 is 0 Å². The molecule has 1 aliphatic rings. The number of benzene rings is 1. The lowest BCUT2D eigenvalue weighted by molar-refractivity contribution is 0.222. The Kier molecular flexibility index (Phi) is 4.19. The molecule has 19 heavy (non-hydrogen) atoms. The van der Waals surface area contributed by atoms with Crippen LogP contribution >= 0.6 is 0 Å². The summed E-state index contributed by atoms with van der Waals surface area (Å²) in [7, 11) is -1.67. The number of sulfonamides is 1. The fourth-order valence-electron chi connectivity index (χ4n) is 2.01. The van der Waals surface area contributed by atoms with Crippen LogP contribution in [0.5, 0.6) is 0 Å². The molecule has 0 saturated carbocycles. The lowest BCUT2D eigenvalue weighted by Crippen LogP contribution is -2.47. The second-order valence-electron chi connectivity index (χ2n) is 4.62. The monoisotopic (exact) mass is 288 g/mol. The molecule has 1 fully saturated rings. The fraction of sp³-hybridized carbons (Fsp3) is 0.500. The maximum Gasteiger partial charge on any atom is 0.243 e.